The Morgan fingerprint density at radius 1 is 1.07 bits per heavy atom. The van der Waals surface area contributed by atoms with Crippen molar-refractivity contribution in [1.82, 2.24) is 4.57 Å². The molecule has 9 heteroatoms. The highest BCUT2D eigenvalue weighted by molar-refractivity contribution is 7.07. The van der Waals surface area contributed by atoms with Gasteiger partial charge in [0.1, 0.15) is 6.54 Å². The molecular weight excluding hydrogens is 414 g/mol. The van der Waals surface area contributed by atoms with E-state index >= 15 is 0 Å². The molecule has 146 valence electrons. The summed E-state index contributed by atoms with van der Waals surface area (Å²) in [7, 11) is 0. The van der Waals surface area contributed by atoms with E-state index < -0.39 is 17.7 Å². The second-order valence-corrected chi connectivity index (χ2v) is 7.66. The van der Waals surface area contributed by atoms with Crippen molar-refractivity contribution in [2.45, 2.75) is 13.5 Å². The van der Waals surface area contributed by atoms with Gasteiger partial charge in [-0.15, -0.1) is 0 Å². The van der Waals surface area contributed by atoms with Gasteiger partial charge in [0.15, 0.2) is 0 Å². The Morgan fingerprint density at radius 3 is 2.28 bits per heavy atom. The van der Waals surface area contributed by atoms with Crippen molar-refractivity contribution in [2.24, 2.45) is 0 Å². The van der Waals surface area contributed by atoms with Crippen LogP contribution < -0.4 is 15.1 Å². The van der Waals surface area contributed by atoms with Crippen molar-refractivity contribution in [2.75, 3.05) is 10.2 Å². The van der Waals surface area contributed by atoms with Crippen LogP contribution >= 0.6 is 22.9 Å². The second kappa shape index (κ2) is 7.31. The van der Waals surface area contributed by atoms with E-state index in [9.17, 15) is 19.2 Å². The normalized spacial score (nSPS) is 13.0. The zero-order valence-corrected chi connectivity index (χ0v) is 16.7. The van der Waals surface area contributed by atoms with Gasteiger partial charge in [-0.2, -0.15) is 0 Å². The first-order chi connectivity index (χ1) is 13.9. The van der Waals surface area contributed by atoms with Gasteiger partial charge in [-0.1, -0.05) is 35.1 Å². The maximum atomic E-state index is 12.6. The summed E-state index contributed by atoms with van der Waals surface area (Å²) in [4.78, 5) is 50.0. The van der Waals surface area contributed by atoms with Gasteiger partial charge in [-0.05, 0) is 37.3 Å². The number of carbonyl (C=O) groups excluding carboxylic acids is 3. The van der Waals surface area contributed by atoms with Crippen molar-refractivity contribution in [3.8, 4) is 0 Å². The number of nitrogens with zero attached hydrogens (tertiary/aromatic N) is 2. The molecule has 3 aromatic rings. The first kappa shape index (κ1) is 19.1. The van der Waals surface area contributed by atoms with Gasteiger partial charge in [0.2, 0.25) is 5.91 Å². The van der Waals surface area contributed by atoms with Crippen LogP contribution in [0.15, 0.2) is 52.6 Å². The molecule has 0 atom stereocenters. The minimum absolute atomic E-state index is 0.119. The number of amides is 3. The lowest BCUT2D eigenvalue weighted by Gasteiger charge is -2.16. The third-order valence-corrected chi connectivity index (χ3v) is 5.73. The maximum absolute atomic E-state index is 12.6. The molecule has 2 aromatic carbocycles. The largest absolute Gasteiger partial charge is 0.324 e. The van der Waals surface area contributed by atoms with Gasteiger partial charge in [-0.25, -0.2) is 4.90 Å². The first-order valence-electron chi connectivity index (χ1n) is 8.59. The van der Waals surface area contributed by atoms with Gasteiger partial charge in [0, 0.05) is 16.8 Å². The third-order valence-electron chi connectivity index (χ3n) is 4.54. The number of benzene rings is 2. The van der Waals surface area contributed by atoms with Gasteiger partial charge in [-0.3, -0.25) is 23.7 Å². The van der Waals surface area contributed by atoms with Crippen LogP contribution in [0.4, 0.5) is 11.4 Å². The molecule has 0 unspecified atom stereocenters. The van der Waals surface area contributed by atoms with E-state index in [-0.39, 0.29) is 22.1 Å². The number of imide groups is 1. The van der Waals surface area contributed by atoms with Gasteiger partial charge in [0.25, 0.3) is 11.8 Å². The minimum Gasteiger partial charge on any atom is -0.324 e. The number of hydrogen-bond donors (Lipinski definition) is 1. The van der Waals surface area contributed by atoms with Crippen molar-refractivity contribution < 1.29 is 14.4 Å². The van der Waals surface area contributed by atoms with Crippen LogP contribution in [0.2, 0.25) is 5.02 Å². The molecule has 0 saturated carbocycles. The van der Waals surface area contributed by atoms with Crippen LogP contribution in [-0.2, 0) is 11.3 Å². The van der Waals surface area contributed by atoms with Gasteiger partial charge >= 0.3 is 4.87 Å². The van der Waals surface area contributed by atoms with E-state index in [0.29, 0.717) is 22.5 Å². The summed E-state index contributed by atoms with van der Waals surface area (Å²) in [6, 6.07) is 11.1. The number of thiazole rings is 1. The summed E-state index contributed by atoms with van der Waals surface area (Å²) >= 11 is 7.34. The monoisotopic (exact) mass is 427 g/mol. The first-order valence-corrected chi connectivity index (χ1v) is 9.84. The lowest BCUT2D eigenvalue weighted by atomic mass is 10.1. The highest BCUT2D eigenvalue weighted by atomic mass is 35.5. The number of nitrogens with one attached hydrogen (secondary N) is 1. The average molecular weight is 428 g/mol. The fraction of sp³-hybridized carbons (Fsp3) is 0.100. The summed E-state index contributed by atoms with van der Waals surface area (Å²) < 4.78 is 1.37. The van der Waals surface area contributed by atoms with Crippen LogP contribution in [0.25, 0.3) is 0 Å². The molecule has 0 spiro atoms. The molecule has 1 aliphatic heterocycles. The van der Waals surface area contributed by atoms with E-state index in [4.69, 9.17) is 11.6 Å². The molecule has 1 aliphatic rings. The topological polar surface area (TPSA) is 88.5 Å². The molecule has 1 aromatic heterocycles. The average Bonchev–Trinajstić information content (AvgIpc) is 3.14. The quantitative estimate of drug-likeness (QED) is 0.647. The molecule has 7 nitrogen and oxygen atoms in total. The summed E-state index contributed by atoms with van der Waals surface area (Å²) in [6.45, 7) is 1.63. The number of aryl methyl sites for hydroxylation is 1. The van der Waals surface area contributed by atoms with Gasteiger partial charge in [0.05, 0.1) is 21.8 Å². The number of anilines is 2. The Kier molecular flexibility index (Phi) is 4.81. The summed E-state index contributed by atoms with van der Waals surface area (Å²) in [5, 5.41) is 4.49. The Hall–Kier alpha value is -3.23. The van der Waals surface area contributed by atoms with Crippen molar-refractivity contribution in [3.63, 3.8) is 0 Å². The zero-order valence-electron chi connectivity index (χ0n) is 15.1. The van der Waals surface area contributed by atoms with Crippen molar-refractivity contribution >= 4 is 52.0 Å². The highest BCUT2D eigenvalue weighted by Crippen LogP contribution is 2.34. The van der Waals surface area contributed by atoms with E-state index in [2.05, 4.69) is 5.32 Å². The van der Waals surface area contributed by atoms with Crippen LogP contribution in [0.3, 0.4) is 0 Å². The minimum atomic E-state index is -0.448. The Labute approximate surface area is 174 Å². The zero-order chi connectivity index (χ0) is 20.7. The molecule has 0 radical (unpaired) electrons. The van der Waals surface area contributed by atoms with E-state index in [1.807, 2.05) is 0 Å². The Bertz CT molecular complexity index is 1200. The lowest BCUT2D eigenvalue weighted by molar-refractivity contribution is -0.116. The standard InChI is InChI=1S/C20H14ClN3O4S/c1-11-10-29-20(28)23(11)9-17(25)22-12-6-7-16(15(21)8-12)24-18(26)13-4-2-3-5-14(13)19(24)27/h2-8,10H,9H2,1H3,(H,22,25). The van der Waals surface area contributed by atoms with Crippen LogP contribution in [0.5, 0.6) is 0 Å². The Morgan fingerprint density at radius 2 is 1.72 bits per heavy atom. The number of rotatable bonds is 4. The third kappa shape index (κ3) is 3.37. The Balaban J connectivity index is 1.55. The molecule has 29 heavy (non-hydrogen) atoms. The fourth-order valence-electron chi connectivity index (χ4n) is 3.11. The highest BCUT2D eigenvalue weighted by Gasteiger charge is 2.37. The van der Waals surface area contributed by atoms with E-state index in [0.717, 1.165) is 16.2 Å². The van der Waals surface area contributed by atoms with Crippen LogP contribution in [-0.4, -0.2) is 22.3 Å². The fourth-order valence-corrected chi connectivity index (χ4v) is 4.11. The van der Waals surface area contributed by atoms with E-state index in [1.165, 1.54) is 16.7 Å². The molecule has 2 heterocycles. The van der Waals surface area contributed by atoms with Crippen molar-refractivity contribution in [3.05, 3.63) is 79.4 Å². The molecule has 1 N–H and O–H groups in total. The lowest BCUT2D eigenvalue weighted by Crippen LogP contribution is -2.29. The second-order valence-electron chi connectivity index (χ2n) is 6.43. The van der Waals surface area contributed by atoms with Gasteiger partial charge < -0.3 is 5.32 Å². The summed E-state index contributed by atoms with van der Waals surface area (Å²) in [6.07, 6.45) is 0. The van der Waals surface area contributed by atoms with Crippen LogP contribution in [0, 0.1) is 6.92 Å². The molecular formula is C20H14ClN3O4S. The number of carbonyl (C=O) groups is 3. The molecule has 0 fully saturated rings. The number of hydrogen-bond acceptors (Lipinski definition) is 5. The summed E-state index contributed by atoms with van der Waals surface area (Å²) in [5.74, 6) is -1.29. The summed E-state index contributed by atoms with van der Waals surface area (Å²) in [5.41, 5.74) is 1.97. The molecule has 0 aliphatic carbocycles. The van der Waals surface area contributed by atoms with Crippen LogP contribution in [0.1, 0.15) is 26.4 Å². The SMILES string of the molecule is Cc1csc(=O)n1CC(=O)Nc1ccc(N2C(=O)c3ccccc3C2=O)c(Cl)c1. The predicted octanol–water partition coefficient (Wildman–Crippen LogP) is 3.31. The molecule has 0 bridgehead atoms. The maximum Gasteiger partial charge on any atom is 0.307 e. The van der Waals surface area contributed by atoms with Crippen molar-refractivity contribution in [1.29, 1.82) is 0 Å². The molecule has 0 saturated heterocycles. The predicted molar refractivity (Wildman–Crippen MR) is 111 cm³/mol. The smallest absolute Gasteiger partial charge is 0.307 e. The molecule has 3 amide bonds. The number of aromatic nitrogens is 1. The van der Waals surface area contributed by atoms with E-state index in [1.54, 1.807) is 42.6 Å². The number of halogens is 1. The molecule has 4 rings (SSSR count). The number of fused-ring (bicyclic) bond motifs is 1.